The Balaban J connectivity index is 0.000000408. The molecule has 0 aromatic heterocycles. The van der Waals surface area contributed by atoms with Crippen molar-refractivity contribution in [2.75, 3.05) is 13.7 Å². The van der Waals surface area contributed by atoms with E-state index in [4.69, 9.17) is 27.8 Å². The highest BCUT2D eigenvalue weighted by Crippen LogP contribution is 2.26. The van der Waals surface area contributed by atoms with Crippen molar-refractivity contribution in [3.8, 4) is 11.4 Å². The monoisotopic (exact) mass is 615 g/mol. The molecule has 2 aromatic carbocycles. The number of alkyl halides is 3. The molecule has 0 bridgehead atoms. The second kappa shape index (κ2) is 15.9. The molecule has 1 aliphatic rings. The van der Waals surface area contributed by atoms with Crippen LogP contribution in [0.4, 0.5) is 13.2 Å². The van der Waals surface area contributed by atoms with E-state index in [0.29, 0.717) is 30.2 Å². The van der Waals surface area contributed by atoms with E-state index in [1.165, 1.54) is 4.90 Å². The molecule has 1 heterocycles. The molecule has 0 spiro atoms. The van der Waals surface area contributed by atoms with Crippen molar-refractivity contribution in [1.29, 1.82) is 0 Å². The fourth-order valence-corrected chi connectivity index (χ4v) is 5.12. The standard InChI is InChI=1S/C20H27ClF3N3O2.C9H10O2S/c1-12(2)16(11-20(22,23)24)26-18(28)17-7-4-8-27(17)19(29)15(25)10-13-5-3-6-14(21)9-13;1-11-9-5-3-8(4-6-9)7-12(2)10/h3,5-6,9,12,15-17H,4,7-8,10-11,25H2,1-2H3,(H,26,28);2-6H,7H2,1H3/t15?,16-,17?;/m1./s1. The summed E-state index contributed by atoms with van der Waals surface area (Å²) in [5.74, 6) is -0.157. The number of hydrogen-bond acceptors (Lipinski definition) is 5. The van der Waals surface area contributed by atoms with E-state index in [0.717, 1.165) is 16.9 Å². The predicted molar refractivity (Wildman–Crippen MR) is 155 cm³/mol. The first-order chi connectivity index (χ1) is 19.2. The Morgan fingerprint density at radius 2 is 1.85 bits per heavy atom. The van der Waals surface area contributed by atoms with Crippen molar-refractivity contribution < 1.29 is 31.7 Å². The summed E-state index contributed by atoms with van der Waals surface area (Å²) in [5, 5.41) is 3.02. The normalized spacial score (nSPS) is 16.4. The van der Waals surface area contributed by atoms with E-state index >= 15 is 0 Å². The highest BCUT2D eigenvalue weighted by molar-refractivity contribution is 7.72. The summed E-state index contributed by atoms with van der Waals surface area (Å²) in [5.41, 5.74) is 12.9. The number of nitrogens with one attached hydrogen (secondary N) is 1. The van der Waals surface area contributed by atoms with E-state index in [9.17, 15) is 27.0 Å². The molecule has 7 nitrogen and oxygen atoms in total. The molecule has 2 aromatic rings. The van der Waals surface area contributed by atoms with Gasteiger partial charge in [0.15, 0.2) is 0 Å². The molecule has 2 unspecified atom stereocenters. The Morgan fingerprint density at radius 1 is 1.20 bits per heavy atom. The van der Waals surface area contributed by atoms with Gasteiger partial charge in [-0.3, -0.25) is 9.59 Å². The van der Waals surface area contributed by atoms with Crippen LogP contribution in [0.25, 0.3) is 0 Å². The molecule has 12 heteroatoms. The van der Waals surface area contributed by atoms with Crippen LogP contribution in [-0.2, 0) is 32.0 Å². The van der Waals surface area contributed by atoms with Gasteiger partial charge in [0, 0.05) is 27.8 Å². The lowest BCUT2D eigenvalue weighted by atomic mass is 9.99. The van der Waals surface area contributed by atoms with Gasteiger partial charge in [0.05, 0.1) is 25.3 Å². The lowest BCUT2D eigenvalue weighted by Crippen LogP contribution is -2.54. The number of halogens is 4. The predicted octanol–water partition coefficient (Wildman–Crippen LogP) is 4.83. The van der Waals surface area contributed by atoms with Crippen LogP contribution in [0.3, 0.4) is 0 Å². The van der Waals surface area contributed by atoms with E-state index in [-0.39, 0.29) is 12.3 Å². The lowest BCUT2D eigenvalue weighted by molar-refractivity contribution is -0.148. The van der Waals surface area contributed by atoms with Crippen LogP contribution in [-0.4, -0.2) is 58.9 Å². The number of likely N-dealkylation sites (tertiary alicyclic amines) is 1. The van der Waals surface area contributed by atoms with Crippen LogP contribution in [0.15, 0.2) is 48.5 Å². The van der Waals surface area contributed by atoms with Gasteiger partial charge in [-0.05, 0) is 60.6 Å². The van der Waals surface area contributed by atoms with Gasteiger partial charge in [0.1, 0.15) is 11.8 Å². The number of ether oxygens (including phenoxy) is 1. The largest absolute Gasteiger partial charge is 0.497 e. The van der Waals surface area contributed by atoms with Gasteiger partial charge < -0.3 is 20.7 Å². The minimum atomic E-state index is -4.38. The van der Waals surface area contributed by atoms with Gasteiger partial charge in [0.2, 0.25) is 11.8 Å². The fourth-order valence-electron chi connectivity index (χ4n) is 4.39. The number of amides is 2. The molecule has 3 N–H and O–H groups in total. The Labute approximate surface area is 246 Å². The Kier molecular flexibility index (Phi) is 13.2. The molecule has 1 aliphatic heterocycles. The smallest absolute Gasteiger partial charge is 0.391 e. The van der Waals surface area contributed by atoms with E-state index in [1.807, 2.05) is 24.3 Å². The van der Waals surface area contributed by atoms with Crippen LogP contribution in [0.5, 0.6) is 5.75 Å². The number of methoxy groups -OCH3 is 1. The molecule has 226 valence electrons. The molecular formula is C29H37ClF3N3O4S. The molecule has 3 rings (SSSR count). The Morgan fingerprint density at radius 3 is 2.39 bits per heavy atom. The average Bonchev–Trinajstić information content (AvgIpc) is 3.38. The molecule has 2 amide bonds. The molecule has 0 radical (unpaired) electrons. The first-order valence-corrected chi connectivity index (χ1v) is 14.9. The van der Waals surface area contributed by atoms with E-state index in [2.05, 4.69) is 5.32 Å². The summed E-state index contributed by atoms with van der Waals surface area (Å²) in [4.78, 5) is 26.8. The first-order valence-electron chi connectivity index (χ1n) is 13.1. The summed E-state index contributed by atoms with van der Waals surface area (Å²) < 4.78 is 54.0. The molecule has 0 aliphatic carbocycles. The molecule has 41 heavy (non-hydrogen) atoms. The third kappa shape index (κ3) is 11.8. The minimum Gasteiger partial charge on any atom is -0.497 e. The van der Waals surface area contributed by atoms with Crippen molar-refractivity contribution in [2.24, 2.45) is 11.7 Å². The van der Waals surface area contributed by atoms with Crippen LogP contribution >= 0.6 is 11.6 Å². The highest BCUT2D eigenvalue weighted by atomic mass is 35.5. The SMILES string of the molecule is C#S(=O)Cc1ccc(OC)cc1.CC(C)[C@@H](CC(F)(F)F)NC(=O)C1CCCN1C(=O)C(N)Cc1cccc(Cl)c1. The number of carbonyl (C=O) groups is 2. The van der Waals surface area contributed by atoms with Gasteiger partial charge in [-0.15, -0.1) is 0 Å². The van der Waals surface area contributed by atoms with Gasteiger partial charge in [-0.2, -0.15) is 13.2 Å². The number of hydrogen-bond donors (Lipinski definition) is 2. The maximum atomic E-state index is 12.8. The van der Waals surface area contributed by atoms with Crippen LogP contribution in [0, 0.1) is 11.6 Å². The Hall–Kier alpha value is -2.98. The highest BCUT2D eigenvalue weighted by Gasteiger charge is 2.39. The number of nitrogens with zero attached hydrogens (tertiary/aromatic N) is 1. The summed E-state index contributed by atoms with van der Waals surface area (Å²) in [6, 6.07) is 11.6. The Bertz CT molecular complexity index is 1290. The zero-order chi connectivity index (χ0) is 30.7. The van der Waals surface area contributed by atoms with E-state index < -0.39 is 52.8 Å². The zero-order valence-corrected chi connectivity index (χ0v) is 24.9. The lowest BCUT2D eigenvalue weighted by Gasteiger charge is -2.30. The molecule has 1 fully saturated rings. The summed E-state index contributed by atoms with van der Waals surface area (Å²) >= 11 is 5.95. The average molecular weight is 616 g/mol. The molecule has 0 saturated carbocycles. The third-order valence-corrected chi connectivity index (χ3v) is 7.41. The molecule has 3 atom stereocenters. The van der Waals surface area contributed by atoms with Crippen LogP contribution in [0.2, 0.25) is 5.02 Å². The molecular weight excluding hydrogens is 579 g/mol. The second-order valence-electron chi connectivity index (χ2n) is 10.2. The summed E-state index contributed by atoms with van der Waals surface area (Å²) in [6.45, 7) is 3.59. The minimum absolute atomic E-state index is 0.257. The van der Waals surface area contributed by atoms with Crippen molar-refractivity contribution in [2.45, 2.75) is 69.6 Å². The second-order valence-corrected chi connectivity index (χ2v) is 11.7. The van der Waals surface area contributed by atoms with E-state index in [1.54, 1.807) is 45.2 Å². The van der Waals surface area contributed by atoms with Gasteiger partial charge in [-0.25, -0.2) is 4.21 Å². The quantitative estimate of drug-likeness (QED) is 0.421. The first kappa shape index (κ1) is 34.2. The van der Waals surface area contributed by atoms with Crippen molar-refractivity contribution in [3.05, 3.63) is 64.7 Å². The van der Waals surface area contributed by atoms with Crippen LogP contribution < -0.4 is 15.8 Å². The van der Waals surface area contributed by atoms with Gasteiger partial charge >= 0.3 is 6.18 Å². The van der Waals surface area contributed by atoms with Gasteiger partial charge in [-0.1, -0.05) is 55.4 Å². The fraction of sp³-hybridized carbons (Fsp3) is 0.483. The topological polar surface area (TPSA) is 102 Å². The maximum absolute atomic E-state index is 12.8. The number of benzene rings is 2. The summed E-state index contributed by atoms with van der Waals surface area (Å²) in [6.07, 6.45) is -4.23. The van der Waals surface area contributed by atoms with Crippen LogP contribution in [0.1, 0.15) is 44.2 Å². The number of carbonyl (C=O) groups excluding carboxylic acids is 2. The number of nitrogens with two attached hydrogens (primary N) is 1. The van der Waals surface area contributed by atoms with Crippen molar-refractivity contribution >= 4 is 33.6 Å². The maximum Gasteiger partial charge on any atom is 0.391 e. The van der Waals surface area contributed by atoms with Gasteiger partial charge in [0.25, 0.3) is 0 Å². The zero-order valence-electron chi connectivity index (χ0n) is 23.3. The third-order valence-electron chi connectivity index (χ3n) is 6.55. The summed E-state index contributed by atoms with van der Waals surface area (Å²) in [7, 11) is 0.341. The number of rotatable bonds is 9. The molecule has 1 saturated heterocycles. The van der Waals surface area contributed by atoms with Crippen molar-refractivity contribution in [3.63, 3.8) is 0 Å². The van der Waals surface area contributed by atoms with Crippen molar-refractivity contribution in [1.82, 2.24) is 10.2 Å².